The highest BCUT2D eigenvalue weighted by Crippen LogP contribution is 2.34. The molecule has 1 fully saturated rings. The van der Waals surface area contributed by atoms with E-state index in [9.17, 15) is 18.5 Å². The van der Waals surface area contributed by atoms with Crippen molar-refractivity contribution in [3.8, 4) is 0 Å². The molecule has 2 rings (SSSR count). The van der Waals surface area contributed by atoms with Crippen molar-refractivity contribution < 1.29 is 13.3 Å². The summed E-state index contributed by atoms with van der Waals surface area (Å²) < 4.78 is 25.6. The molecule has 0 bridgehead atoms. The first kappa shape index (κ1) is 11.6. The Bertz CT molecular complexity index is 566. The van der Waals surface area contributed by atoms with Gasteiger partial charge in [-0.05, 0) is 18.9 Å². The minimum absolute atomic E-state index is 0.0612. The van der Waals surface area contributed by atoms with E-state index in [-0.39, 0.29) is 17.1 Å². The van der Waals surface area contributed by atoms with E-state index in [0.717, 1.165) is 0 Å². The van der Waals surface area contributed by atoms with Gasteiger partial charge >= 0.3 is 0 Å². The number of nitrogens with two attached hydrogens (primary N) is 1. The van der Waals surface area contributed by atoms with Gasteiger partial charge in [-0.3, -0.25) is 14.8 Å². The van der Waals surface area contributed by atoms with Crippen LogP contribution in [-0.4, -0.2) is 18.6 Å². The summed E-state index contributed by atoms with van der Waals surface area (Å²) in [7, 11) is -3.46. The number of hydrogen-bond donors (Lipinski definition) is 2. The second kappa shape index (κ2) is 3.88. The Balaban J connectivity index is 2.33. The maximum atomic E-state index is 11.7. The summed E-state index contributed by atoms with van der Waals surface area (Å²) in [5.74, 6) is 0. The molecule has 0 atom stereocenters. The van der Waals surface area contributed by atoms with Crippen molar-refractivity contribution >= 4 is 27.1 Å². The van der Waals surface area contributed by atoms with Crippen molar-refractivity contribution in [2.75, 3.05) is 10.5 Å². The standard InChI is InChI=1S/C9H11N3O4S/c10-9-7(2-1-3-8(9)12(13)14)11-17(15,16)6-4-5-6/h1-3,6,11H,4-5,10H2. The second-order valence-corrected chi connectivity index (χ2v) is 5.80. The third-order valence-corrected chi connectivity index (χ3v) is 4.35. The molecule has 7 nitrogen and oxygen atoms in total. The molecule has 1 saturated carbocycles. The van der Waals surface area contributed by atoms with Gasteiger partial charge in [0.05, 0.1) is 15.9 Å². The van der Waals surface area contributed by atoms with Gasteiger partial charge in [0.25, 0.3) is 5.69 Å². The van der Waals surface area contributed by atoms with Crippen LogP contribution >= 0.6 is 0 Å². The molecule has 0 radical (unpaired) electrons. The monoisotopic (exact) mass is 257 g/mol. The summed E-state index contributed by atoms with van der Waals surface area (Å²) in [6.45, 7) is 0. The number of nitro benzene ring substituents is 1. The molecule has 0 spiro atoms. The Morgan fingerprint density at radius 3 is 2.59 bits per heavy atom. The average Bonchev–Trinajstić information content (AvgIpc) is 3.03. The molecule has 92 valence electrons. The Kier molecular flexibility index (Phi) is 2.66. The lowest BCUT2D eigenvalue weighted by atomic mass is 10.2. The van der Waals surface area contributed by atoms with E-state index in [1.165, 1.54) is 18.2 Å². The molecule has 1 aliphatic carbocycles. The Morgan fingerprint density at radius 2 is 2.06 bits per heavy atom. The van der Waals surface area contributed by atoms with Crippen LogP contribution in [0.3, 0.4) is 0 Å². The molecule has 1 aromatic carbocycles. The zero-order valence-corrected chi connectivity index (χ0v) is 9.61. The van der Waals surface area contributed by atoms with Crippen LogP contribution in [0.5, 0.6) is 0 Å². The third-order valence-electron chi connectivity index (χ3n) is 2.50. The van der Waals surface area contributed by atoms with E-state index in [4.69, 9.17) is 5.73 Å². The zero-order chi connectivity index (χ0) is 12.6. The molecular formula is C9H11N3O4S. The number of benzene rings is 1. The SMILES string of the molecule is Nc1c(NS(=O)(=O)C2CC2)cccc1[N+](=O)[O-]. The van der Waals surface area contributed by atoms with E-state index in [1.807, 2.05) is 0 Å². The van der Waals surface area contributed by atoms with Crippen molar-refractivity contribution in [2.45, 2.75) is 18.1 Å². The van der Waals surface area contributed by atoms with Gasteiger partial charge in [0.15, 0.2) is 0 Å². The van der Waals surface area contributed by atoms with Crippen molar-refractivity contribution in [2.24, 2.45) is 0 Å². The number of nitrogens with one attached hydrogen (secondary N) is 1. The summed E-state index contributed by atoms with van der Waals surface area (Å²) in [6.07, 6.45) is 1.23. The average molecular weight is 257 g/mol. The zero-order valence-electron chi connectivity index (χ0n) is 8.79. The van der Waals surface area contributed by atoms with Gasteiger partial charge < -0.3 is 5.73 Å². The Morgan fingerprint density at radius 1 is 1.41 bits per heavy atom. The molecule has 8 heteroatoms. The molecule has 1 aromatic rings. The predicted molar refractivity (Wildman–Crippen MR) is 63.1 cm³/mol. The topological polar surface area (TPSA) is 115 Å². The van der Waals surface area contributed by atoms with Crippen molar-refractivity contribution in [3.63, 3.8) is 0 Å². The van der Waals surface area contributed by atoms with Crippen LogP contribution in [0.2, 0.25) is 0 Å². The van der Waals surface area contributed by atoms with Gasteiger partial charge in [-0.25, -0.2) is 8.42 Å². The number of nitro groups is 1. The molecule has 0 heterocycles. The molecule has 17 heavy (non-hydrogen) atoms. The maximum Gasteiger partial charge on any atom is 0.294 e. The number of sulfonamides is 1. The highest BCUT2D eigenvalue weighted by Gasteiger charge is 2.36. The first-order valence-electron chi connectivity index (χ1n) is 4.96. The fourth-order valence-corrected chi connectivity index (χ4v) is 2.82. The van der Waals surface area contributed by atoms with E-state index < -0.39 is 20.2 Å². The van der Waals surface area contributed by atoms with Gasteiger partial charge in [0.2, 0.25) is 10.0 Å². The highest BCUT2D eigenvalue weighted by atomic mass is 32.2. The summed E-state index contributed by atoms with van der Waals surface area (Å²) in [5, 5.41) is 10.2. The van der Waals surface area contributed by atoms with E-state index >= 15 is 0 Å². The van der Waals surface area contributed by atoms with Gasteiger partial charge in [-0.2, -0.15) is 0 Å². The fourth-order valence-electron chi connectivity index (χ4n) is 1.42. The molecule has 0 amide bonds. The number of anilines is 2. The number of hydrogen-bond acceptors (Lipinski definition) is 5. The lowest BCUT2D eigenvalue weighted by Crippen LogP contribution is -2.18. The number of rotatable bonds is 4. The minimum Gasteiger partial charge on any atom is -0.391 e. The van der Waals surface area contributed by atoms with Crippen LogP contribution in [0.15, 0.2) is 18.2 Å². The first-order valence-corrected chi connectivity index (χ1v) is 6.51. The number of nitrogens with zero attached hydrogens (tertiary/aromatic N) is 1. The Hall–Kier alpha value is -1.83. The quantitative estimate of drug-likeness (QED) is 0.475. The normalized spacial score (nSPS) is 15.5. The predicted octanol–water partition coefficient (Wildman–Crippen LogP) is 1.08. The summed E-state index contributed by atoms with van der Waals surface area (Å²) in [5.41, 5.74) is 5.13. The van der Waals surface area contributed by atoms with Crippen molar-refractivity contribution in [1.82, 2.24) is 0 Å². The van der Waals surface area contributed by atoms with Crippen LogP contribution in [0.4, 0.5) is 17.1 Å². The molecular weight excluding hydrogens is 246 g/mol. The fraction of sp³-hybridized carbons (Fsp3) is 0.333. The van der Waals surface area contributed by atoms with Crippen LogP contribution in [0.1, 0.15) is 12.8 Å². The first-order chi connectivity index (χ1) is 7.92. The lowest BCUT2D eigenvalue weighted by molar-refractivity contribution is -0.383. The summed E-state index contributed by atoms with van der Waals surface area (Å²) in [4.78, 5) is 9.99. The van der Waals surface area contributed by atoms with Crippen LogP contribution < -0.4 is 10.5 Å². The van der Waals surface area contributed by atoms with Crippen LogP contribution in [0.25, 0.3) is 0 Å². The van der Waals surface area contributed by atoms with Crippen LogP contribution in [0, 0.1) is 10.1 Å². The maximum absolute atomic E-state index is 11.7. The number of nitrogen functional groups attached to an aromatic ring is 1. The van der Waals surface area contributed by atoms with Crippen molar-refractivity contribution in [3.05, 3.63) is 28.3 Å². The summed E-state index contributed by atoms with van der Waals surface area (Å²) >= 11 is 0. The minimum atomic E-state index is -3.46. The second-order valence-electron chi connectivity index (χ2n) is 3.84. The molecule has 0 unspecified atom stereocenters. The van der Waals surface area contributed by atoms with Gasteiger partial charge in [-0.15, -0.1) is 0 Å². The van der Waals surface area contributed by atoms with Gasteiger partial charge in [-0.1, -0.05) is 6.07 Å². The van der Waals surface area contributed by atoms with Crippen LogP contribution in [-0.2, 0) is 10.0 Å². The van der Waals surface area contributed by atoms with E-state index in [2.05, 4.69) is 4.72 Å². The number of para-hydroxylation sites is 1. The summed E-state index contributed by atoms with van der Waals surface area (Å²) in [6, 6.07) is 4.02. The van der Waals surface area contributed by atoms with Crippen molar-refractivity contribution in [1.29, 1.82) is 0 Å². The smallest absolute Gasteiger partial charge is 0.294 e. The molecule has 1 aliphatic rings. The van der Waals surface area contributed by atoms with Gasteiger partial charge in [0, 0.05) is 6.07 Å². The lowest BCUT2D eigenvalue weighted by Gasteiger charge is -2.09. The van der Waals surface area contributed by atoms with Gasteiger partial charge in [0.1, 0.15) is 5.69 Å². The highest BCUT2D eigenvalue weighted by molar-refractivity contribution is 7.93. The van der Waals surface area contributed by atoms with E-state index in [0.29, 0.717) is 12.8 Å². The molecule has 3 N–H and O–H groups in total. The third kappa shape index (κ3) is 2.31. The molecule has 0 saturated heterocycles. The van der Waals surface area contributed by atoms with E-state index in [1.54, 1.807) is 0 Å². The Labute approximate surface area is 97.8 Å². The molecule has 0 aromatic heterocycles. The molecule has 0 aliphatic heterocycles. The largest absolute Gasteiger partial charge is 0.391 e.